The van der Waals surface area contributed by atoms with Gasteiger partial charge in [0.05, 0.1) is 11.0 Å². The first-order chi connectivity index (χ1) is 13.8. The lowest BCUT2D eigenvalue weighted by Gasteiger charge is -2.11. The lowest BCUT2D eigenvalue weighted by atomic mass is 10.1. The summed E-state index contributed by atoms with van der Waals surface area (Å²) >= 11 is 0. The molecule has 4 N–H and O–H groups in total. The third-order valence-corrected chi connectivity index (χ3v) is 4.79. The summed E-state index contributed by atoms with van der Waals surface area (Å²) in [5.41, 5.74) is 9.70. The van der Waals surface area contributed by atoms with Crippen LogP contribution in [0.5, 0.6) is 0 Å². The number of fused-ring (bicyclic) bond motifs is 2. The number of para-hydroxylation sites is 2. The molecule has 0 unspecified atom stereocenters. The van der Waals surface area contributed by atoms with E-state index in [0.29, 0.717) is 18.2 Å². The van der Waals surface area contributed by atoms with Gasteiger partial charge in [0.1, 0.15) is 5.82 Å². The van der Waals surface area contributed by atoms with E-state index in [1.165, 1.54) is 0 Å². The maximum Gasteiger partial charge on any atom is 0.162 e. The van der Waals surface area contributed by atoms with Crippen LogP contribution in [-0.2, 0) is 6.54 Å². The van der Waals surface area contributed by atoms with E-state index in [-0.39, 0.29) is 0 Å². The smallest absolute Gasteiger partial charge is 0.162 e. The largest absolute Gasteiger partial charge is 0.326 e. The number of H-pyrrole nitrogens is 1. The fourth-order valence-corrected chi connectivity index (χ4v) is 3.38. The van der Waals surface area contributed by atoms with Crippen molar-refractivity contribution < 1.29 is 0 Å². The third-order valence-electron chi connectivity index (χ3n) is 4.79. The first-order valence-electron chi connectivity index (χ1n) is 9.09. The third kappa shape index (κ3) is 2.76. The predicted octanol–water partition coefficient (Wildman–Crippen LogP) is 4.38. The average Bonchev–Trinajstić information content (AvgIpc) is 3.16. The molecule has 6 heteroatoms. The van der Waals surface area contributed by atoms with E-state index in [4.69, 9.17) is 15.7 Å². The molecule has 0 radical (unpaired) electrons. The molecule has 0 saturated heterocycles. The van der Waals surface area contributed by atoms with E-state index < -0.39 is 0 Å². The average molecular weight is 366 g/mol. The van der Waals surface area contributed by atoms with Crippen molar-refractivity contribution in [2.75, 3.05) is 5.32 Å². The molecule has 3 aromatic carbocycles. The summed E-state index contributed by atoms with van der Waals surface area (Å²) in [5, 5.41) is 12.8. The summed E-state index contributed by atoms with van der Waals surface area (Å²) in [6.07, 6.45) is 0. The van der Waals surface area contributed by atoms with Gasteiger partial charge in [0.25, 0.3) is 0 Å². The molecule has 0 fully saturated rings. The van der Waals surface area contributed by atoms with Gasteiger partial charge in [-0.1, -0.05) is 48.5 Å². The second kappa shape index (κ2) is 6.75. The van der Waals surface area contributed by atoms with Gasteiger partial charge < -0.3 is 11.1 Å². The highest BCUT2D eigenvalue weighted by atomic mass is 15.2. The molecule has 136 valence electrons. The summed E-state index contributed by atoms with van der Waals surface area (Å²) in [7, 11) is 0. The minimum Gasteiger partial charge on any atom is -0.326 e. The number of nitrogens with two attached hydrogens (primary N) is 1. The molecule has 0 amide bonds. The molecule has 0 spiro atoms. The molecule has 2 aromatic heterocycles. The van der Waals surface area contributed by atoms with E-state index in [0.717, 1.165) is 38.8 Å². The second-order valence-electron chi connectivity index (χ2n) is 6.52. The van der Waals surface area contributed by atoms with E-state index in [1.807, 2.05) is 72.8 Å². The van der Waals surface area contributed by atoms with Crippen LogP contribution in [0, 0.1) is 0 Å². The second-order valence-corrected chi connectivity index (χ2v) is 6.52. The van der Waals surface area contributed by atoms with Gasteiger partial charge >= 0.3 is 0 Å². The maximum absolute atomic E-state index is 5.93. The first kappa shape index (κ1) is 16.4. The Bertz CT molecular complexity index is 1290. The van der Waals surface area contributed by atoms with Crippen LogP contribution in [0.1, 0.15) is 5.56 Å². The Balaban J connectivity index is 1.69. The van der Waals surface area contributed by atoms with Crippen molar-refractivity contribution in [3.63, 3.8) is 0 Å². The van der Waals surface area contributed by atoms with Gasteiger partial charge in [-0.2, -0.15) is 5.10 Å². The normalized spacial score (nSPS) is 11.2. The Labute approximate surface area is 161 Å². The van der Waals surface area contributed by atoms with Crippen molar-refractivity contribution in [1.82, 2.24) is 20.2 Å². The summed E-state index contributed by atoms with van der Waals surface area (Å²) < 4.78 is 0. The van der Waals surface area contributed by atoms with Crippen LogP contribution < -0.4 is 11.1 Å². The first-order valence-corrected chi connectivity index (χ1v) is 9.09. The Morgan fingerprint density at radius 3 is 2.43 bits per heavy atom. The Morgan fingerprint density at radius 2 is 1.54 bits per heavy atom. The zero-order valence-electron chi connectivity index (χ0n) is 15.1. The van der Waals surface area contributed by atoms with Crippen molar-refractivity contribution in [3.05, 3.63) is 78.4 Å². The predicted molar refractivity (Wildman–Crippen MR) is 112 cm³/mol. The summed E-state index contributed by atoms with van der Waals surface area (Å²) in [5.74, 6) is 2.09. The molecular weight excluding hydrogens is 348 g/mol. The van der Waals surface area contributed by atoms with Gasteiger partial charge in [-0.15, -0.1) is 0 Å². The molecule has 0 aliphatic heterocycles. The number of hydrogen-bond donors (Lipinski definition) is 3. The molecule has 5 aromatic rings. The molecular formula is C22H18N6. The van der Waals surface area contributed by atoms with Crippen LogP contribution in [0.2, 0.25) is 0 Å². The number of aromatic amines is 1. The number of rotatable bonds is 4. The minimum absolute atomic E-state index is 0.430. The maximum atomic E-state index is 5.93. The van der Waals surface area contributed by atoms with Crippen molar-refractivity contribution in [1.29, 1.82) is 0 Å². The fourth-order valence-electron chi connectivity index (χ4n) is 3.38. The van der Waals surface area contributed by atoms with E-state index in [1.54, 1.807) is 0 Å². The Morgan fingerprint density at radius 1 is 0.786 bits per heavy atom. The molecule has 5 rings (SSSR count). The van der Waals surface area contributed by atoms with Gasteiger partial charge in [-0.05, 0) is 29.8 Å². The zero-order chi connectivity index (χ0) is 18.9. The van der Waals surface area contributed by atoms with Gasteiger partial charge in [-0.25, -0.2) is 9.97 Å². The molecule has 0 bridgehead atoms. The molecule has 6 nitrogen and oxygen atoms in total. The van der Waals surface area contributed by atoms with Crippen molar-refractivity contribution in [2.24, 2.45) is 5.73 Å². The molecule has 0 aliphatic carbocycles. The summed E-state index contributed by atoms with van der Waals surface area (Å²) in [4.78, 5) is 9.60. The number of nitrogens with zero attached hydrogens (tertiary/aromatic N) is 3. The summed E-state index contributed by atoms with van der Waals surface area (Å²) in [6, 6.07) is 23.9. The highest BCUT2D eigenvalue weighted by Gasteiger charge is 2.14. The minimum atomic E-state index is 0.430. The van der Waals surface area contributed by atoms with Crippen molar-refractivity contribution in [3.8, 4) is 11.4 Å². The van der Waals surface area contributed by atoms with Crippen LogP contribution >= 0.6 is 0 Å². The van der Waals surface area contributed by atoms with E-state index in [9.17, 15) is 0 Å². The van der Waals surface area contributed by atoms with Crippen LogP contribution in [0.4, 0.5) is 11.6 Å². The van der Waals surface area contributed by atoms with Gasteiger partial charge in [0.2, 0.25) is 0 Å². The zero-order valence-corrected chi connectivity index (χ0v) is 15.1. The monoisotopic (exact) mass is 366 g/mol. The molecule has 28 heavy (non-hydrogen) atoms. The van der Waals surface area contributed by atoms with Crippen molar-refractivity contribution in [2.45, 2.75) is 6.54 Å². The standard InChI is InChI=1S/C22H18N6/c23-13-14-7-1-2-8-15(14)20-24-18-11-5-3-9-16(18)21(25-20)26-22-17-10-4-6-12-19(17)27-28-22/h1-12H,13,23H2,(H2,24,25,26,27,28). The highest BCUT2D eigenvalue weighted by molar-refractivity contribution is 5.96. The van der Waals surface area contributed by atoms with Gasteiger partial charge in [0, 0.05) is 22.9 Å². The Hall–Kier alpha value is -3.77. The SMILES string of the molecule is NCc1ccccc1-c1nc(Nc2n[nH]c3ccccc23)c2ccccc2n1. The van der Waals surface area contributed by atoms with Crippen LogP contribution in [0.3, 0.4) is 0 Å². The molecule has 2 heterocycles. The summed E-state index contributed by atoms with van der Waals surface area (Å²) in [6.45, 7) is 0.430. The quantitative estimate of drug-likeness (QED) is 0.439. The fraction of sp³-hybridized carbons (Fsp3) is 0.0455. The molecule has 0 aliphatic rings. The van der Waals surface area contributed by atoms with Crippen LogP contribution in [0.15, 0.2) is 72.8 Å². The van der Waals surface area contributed by atoms with Crippen LogP contribution in [0.25, 0.3) is 33.2 Å². The topological polar surface area (TPSA) is 92.5 Å². The van der Waals surface area contributed by atoms with Gasteiger partial charge in [0.15, 0.2) is 11.6 Å². The highest BCUT2D eigenvalue weighted by Crippen LogP contribution is 2.30. The number of anilines is 2. The van der Waals surface area contributed by atoms with Crippen LogP contribution in [-0.4, -0.2) is 20.2 Å². The van der Waals surface area contributed by atoms with Gasteiger partial charge in [-0.3, -0.25) is 5.10 Å². The van der Waals surface area contributed by atoms with E-state index in [2.05, 4.69) is 15.5 Å². The van der Waals surface area contributed by atoms with E-state index >= 15 is 0 Å². The lowest BCUT2D eigenvalue weighted by Crippen LogP contribution is -2.03. The lowest BCUT2D eigenvalue weighted by molar-refractivity contribution is 1.06. The number of nitrogens with one attached hydrogen (secondary N) is 2. The number of aromatic nitrogens is 4. The Kier molecular flexibility index (Phi) is 3.96. The van der Waals surface area contributed by atoms with Crippen molar-refractivity contribution >= 4 is 33.4 Å². The molecule has 0 atom stereocenters. The molecule has 0 saturated carbocycles. The number of hydrogen-bond acceptors (Lipinski definition) is 5. The number of benzene rings is 3.